The van der Waals surface area contributed by atoms with Gasteiger partial charge in [0.2, 0.25) is 0 Å². The first-order chi connectivity index (χ1) is 7.27. The number of hydrogen-bond acceptors (Lipinski definition) is 3. The molecule has 0 spiro atoms. The maximum atomic E-state index is 5.73. The van der Waals surface area contributed by atoms with Crippen LogP contribution in [0.15, 0.2) is 24.3 Å². The van der Waals surface area contributed by atoms with E-state index in [1.807, 2.05) is 38.1 Å². The number of nitrogens with two attached hydrogens (primary N) is 1. The van der Waals surface area contributed by atoms with Gasteiger partial charge < -0.3 is 15.2 Å². The molecule has 0 aliphatic heterocycles. The zero-order valence-electron chi connectivity index (χ0n) is 9.40. The van der Waals surface area contributed by atoms with Crippen LogP contribution < -0.4 is 10.5 Å². The Kier molecular flexibility index (Phi) is 5.15. The van der Waals surface area contributed by atoms with E-state index in [9.17, 15) is 0 Å². The van der Waals surface area contributed by atoms with Gasteiger partial charge in [0.25, 0.3) is 0 Å². The molecule has 0 aliphatic carbocycles. The molecule has 0 saturated carbocycles. The third-order valence-corrected chi connectivity index (χ3v) is 2.08. The van der Waals surface area contributed by atoms with Crippen molar-refractivity contribution >= 4 is 0 Å². The second-order valence-electron chi connectivity index (χ2n) is 3.40. The lowest BCUT2D eigenvalue weighted by Crippen LogP contribution is -2.20. The van der Waals surface area contributed by atoms with Crippen molar-refractivity contribution in [3.63, 3.8) is 0 Å². The van der Waals surface area contributed by atoms with Crippen molar-refractivity contribution in [2.24, 2.45) is 5.73 Å². The van der Waals surface area contributed by atoms with Crippen LogP contribution in [0, 0.1) is 0 Å². The Morgan fingerprint density at radius 2 is 2.07 bits per heavy atom. The van der Waals surface area contributed by atoms with Gasteiger partial charge in [0.05, 0.1) is 6.61 Å². The highest BCUT2D eigenvalue weighted by Gasteiger charge is 2.06. The molecule has 3 heteroatoms. The maximum Gasteiger partial charge on any atom is 0.124 e. The van der Waals surface area contributed by atoms with Crippen LogP contribution in [0.1, 0.15) is 19.4 Å². The monoisotopic (exact) mass is 209 g/mol. The van der Waals surface area contributed by atoms with Crippen LogP contribution in [0.3, 0.4) is 0 Å². The fourth-order valence-electron chi connectivity index (χ4n) is 1.32. The highest BCUT2D eigenvalue weighted by molar-refractivity contribution is 5.33. The van der Waals surface area contributed by atoms with Crippen molar-refractivity contribution in [3.8, 4) is 5.75 Å². The summed E-state index contributed by atoms with van der Waals surface area (Å²) in [7, 11) is 0. The first-order valence-corrected chi connectivity index (χ1v) is 5.30. The smallest absolute Gasteiger partial charge is 0.124 e. The van der Waals surface area contributed by atoms with Crippen LogP contribution >= 0.6 is 0 Å². The van der Waals surface area contributed by atoms with Crippen LogP contribution in [-0.4, -0.2) is 19.3 Å². The minimum Gasteiger partial charge on any atom is -0.488 e. The van der Waals surface area contributed by atoms with Crippen molar-refractivity contribution in [2.75, 3.05) is 13.2 Å². The second-order valence-corrected chi connectivity index (χ2v) is 3.40. The van der Waals surface area contributed by atoms with E-state index in [4.69, 9.17) is 15.2 Å². The van der Waals surface area contributed by atoms with Crippen LogP contribution in [0.4, 0.5) is 0 Å². The predicted octanol–water partition coefficient (Wildman–Crippen LogP) is 1.95. The minimum atomic E-state index is 0.0534. The Balaban J connectivity index is 2.55. The summed E-state index contributed by atoms with van der Waals surface area (Å²) in [4.78, 5) is 0. The van der Waals surface area contributed by atoms with Gasteiger partial charge in [-0.25, -0.2) is 0 Å². The van der Waals surface area contributed by atoms with E-state index in [2.05, 4.69) is 0 Å². The third kappa shape index (κ3) is 3.90. The van der Waals surface area contributed by atoms with Crippen LogP contribution in [0.5, 0.6) is 5.75 Å². The Bertz CT molecular complexity index is 289. The molecule has 1 aromatic rings. The number of benzene rings is 1. The fourth-order valence-corrected chi connectivity index (χ4v) is 1.32. The summed E-state index contributed by atoms with van der Waals surface area (Å²) in [5.74, 6) is 0.854. The molecular formula is C12H19NO2. The SMILES string of the molecule is CCOCC(C)Oc1ccccc1CN. The van der Waals surface area contributed by atoms with Crippen LogP contribution in [-0.2, 0) is 11.3 Å². The Morgan fingerprint density at radius 1 is 1.33 bits per heavy atom. The van der Waals surface area contributed by atoms with E-state index < -0.39 is 0 Å². The molecule has 2 N–H and O–H groups in total. The molecule has 3 nitrogen and oxygen atoms in total. The van der Waals surface area contributed by atoms with Gasteiger partial charge in [-0.05, 0) is 19.9 Å². The third-order valence-electron chi connectivity index (χ3n) is 2.08. The molecule has 0 saturated heterocycles. The minimum absolute atomic E-state index is 0.0534. The normalized spacial score (nSPS) is 12.5. The van der Waals surface area contributed by atoms with E-state index in [1.165, 1.54) is 0 Å². The van der Waals surface area contributed by atoms with Crippen LogP contribution in [0.2, 0.25) is 0 Å². The number of rotatable bonds is 6. The lowest BCUT2D eigenvalue weighted by molar-refractivity contribution is 0.0652. The summed E-state index contributed by atoms with van der Waals surface area (Å²) in [5.41, 5.74) is 6.64. The van der Waals surface area contributed by atoms with Crippen molar-refractivity contribution in [3.05, 3.63) is 29.8 Å². The lowest BCUT2D eigenvalue weighted by Gasteiger charge is -2.16. The standard InChI is InChI=1S/C12H19NO2/c1-3-14-9-10(2)15-12-7-5-4-6-11(12)8-13/h4-7,10H,3,8-9,13H2,1-2H3. The van der Waals surface area contributed by atoms with Crippen molar-refractivity contribution < 1.29 is 9.47 Å². The predicted molar refractivity (Wildman–Crippen MR) is 60.9 cm³/mol. The first-order valence-electron chi connectivity index (χ1n) is 5.30. The molecule has 0 heterocycles. The van der Waals surface area contributed by atoms with Crippen molar-refractivity contribution in [1.82, 2.24) is 0 Å². The Labute approximate surface area is 91.2 Å². The highest BCUT2D eigenvalue weighted by Crippen LogP contribution is 2.18. The number of hydrogen-bond donors (Lipinski definition) is 1. The quantitative estimate of drug-likeness (QED) is 0.778. The summed E-state index contributed by atoms with van der Waals surface area (Å²) in [5, 5.41) is 0. The molecule has 0 amide bonds. The van der Waals surface area contributed by atoms with Gasteiger partial charge >= 0.3 is 0 Å². The van der Waals surface area contributed by atoms with Gasteiger partial charge in [0, 0.05) is 18.7 Å². The highest BCUT2D eigenvalue weighted by atomic mass is 16.5. The van der Waals surface area contributed by atoms with E-state index in [1.54, 1.807) is 0 Å². The lowest BCUT2D eigenvalue weighted by atomic mass is 10.2. The fraction of sp³-hybridized carbons (Fsp3) is 0.500. The molecular weight excluding hydrogens is 190 g/mol. The molecule has 84 valence electrons. The summed E-state index contributed by atoms with van der Waals surface area (Å²) in [6.07, 6.45) is 0.0534. The molecule has 1 atom stereocenters. The van der Waals surface area contributed by atoms with Gasteiger partial charge in [-0.2, -0.15) is 0 Å². The Hall–Kier alpha value is -1.06. The van der Waals surface area contributed by atoms with E-state index in [0.29, 0.717) is 19.8 Å². The van der Waals surface area contributed by atoms with E-state index in [0.717, 1.165) is 11.3 Å². The molecule has 0 bridgehead atoms. The molecule has 0 aromatic heterocycles. The zero-order chi connectivity index (χ0) is 11.1. The van der Waals surface area contributed by atoms with E-state index >= 15 is 0 Å². The topological polar surface area (TPSA) is 44.5 Å². The van der Waals surface area contributed by atoms with Crippen LogP contribution in [0.25, 0.3) is 0 Å². The number of para-hydroxylation sites is 1. The molecule has 1 unspecified atom stereocenters. The number of ether oxygens (including phenoxy) is 2. The average molecular weight is 209 g/mol. The summed E-state index contributed by atoms with van der Waals surface area (Å²) < 4.78 is 11.0. The summed E-state index contributed by atoms with van der Waals surface area (Å²) in [6.45, 7) is 5.78. The second kappa shape index (κ2) is 6.43. The Morgan fingerprint density at radius 3 is 2.73 bits per heavy atom. The van der Waals surface area contributed by atoms with Gasteiger partial charge in [0.15, 0.2) is 0 Å². The molecule has 0 aliphatic rings. The summed E-state index contributed by atoms with van der Waals surface area (Å²) in [6, 6.07) is 7.82. The van der Waals surface area contributed by atoms with Gasteiger partial charge in [-0.1, -0.05) is 18.2 Å². The zero-order valence-corrected chi connectivity index (χ0v) is 9.40. The maximum absolute atomic E-state index is 5.73. The molecule has 0 fully saturated rings. The molecule has 1 rings (SSSR count). The first kappa shape index (κ1) is 12.0. The van der Waals surface area contributed by atoms with Crippen molar-refractivity contribution in [2.45, 2.75) is 26.5 Å². The van der Waals surface area contributed by atoms with Gasteiger partial charge in [0.1, 0.15) is 11.9 Å². The largest absolute Gasteiger partial charge is 0.488 e. The van der Waals surface area contributed by atoms with Gasteiger partial charge in [-0.3, -0.25) is 0 Å². The van der Waals surface area contributed by atoms with Crippen molar-refractivity contribution in [1.29, 1.82) is 0 Å². The van der Waals surface area contributed by atoms with Gasteiger partial charge in [-0.15, -0.1) is 0 Å². The molecule has 1 aromatic carbocycles. The van der Waals surface area contributed by atoms with E-state index in [-0.39, 0.29) is 6.10 Å². The molecule has 15 heavy (non-hydrogen) atoms. The molecule has 0 radical (unpaired) electrons. The summed E-state index contributed by atoms with van der Waals surface area (Å²) >= 11 is 0. The average Bonchev–Trinajstić information content (AvgIpc) is 2.27.